The molecule has 132 valence electrons. The molecule has 1 N–H and O–H groups in total. The lowest BCUT2D eigenvalue weighted by molar-refractivity contribution is 0.0920. The number of rotatable bonds is 4. The Balaban J connectivity index is 1.43. The van der Waals surface area contributed by atoms with Crippen LogP contribution in [0, 0.1) is 11.7 Å². The third kappa shape index (κ3) is 4.64. The molecule has 2 saturated heterocycles. The van der Waals surface area contributed by atoms with E-state index < -0.39 is 5.82 Å². The smallest absolute Gasteiger partial charge is 0.252 e. The predicted molar refractivity (Wildman–Crippen MR) is 98.4 cm³/mol. The molecular formula is C18H24ClFN2OS. The molecule has 3 rings (SSSR count). The van der Waals surface area contributed by atoms with E-state index in [1.165, 1.54) is 42.5 Å². The second-order valence-corrected chi connectivity index (χ2v) is 8.29. The minimum Gasteiger partial charge on any atom is -0.352 e. The average molecular weight is 371 g/mol. The van der Waals surface area contributed by atoms with Gasteiger partial charge in [0.1, 0.15) is 5.82 Å². The van der Waals surface area contributed by atoms with Crippen molar-refractivity contribution in [2.24, 2.45) is 5.92 Å². The van der Waals surface area contributed by atoms with Crippen molar-refractivity contribution in [1.29, 1.82) is 0 Å². The van der Waals surface area contributed by atoms with Gasteiger partial charge >= 0.3 is 0 Å². The Labute approximate surface area is 152 Å². The van der Waals surface area contributed by atoms with Gasteiger partial charge in [0.15, 0.2) is 0 Å². The molecule has 1 amide bonds. The first kappa shape index (κ1) is 18.0. The molecule has 0 bridgehead atoms. The van der Waals surface area contributed by atoms with E-state index in [4.69, 9.17) is 11.6 Å². The molecule has 24 heavy (non-hydrogen) atoms. The summed E-state index contributed by atoms with van der Waals surface area (Å²) in [7, 11) is 0. The standard InChI is InChI=1S/C18H24ClFN2OS/c19-17-11-14(20)1-2-16(17)18(23)21-12-13-3-7-22(8-4-13)15-5-9-24-10-6-15/h1-2,11,13,15H,3-10,12H2,(H,21,23). The molecule has 2 aliphatic heterocycles. The number of amides is 1. The Morgan fingerprint density at radius 2 is 1.96 bits per heavy atom. The summed E-state index contributed by atoms with van der Waals surface area (Å²) in [6, 6.07) is 4.65. The van der Waals surface area contributed by atoms with E-state index in [0.717, 1.165) is 32.0 Å². The molecule has 2 aliphatic rings. The second-order valence-electron chi connectivity index (χ2n) is 6.66. The van der Waals surface area contributed by atoms with E-state index in [1.54, 1.807) is 0 Å². The van der Waals surface area contributed by atoms with Crippen LogP contribution in [-0.4, -0.2) is 48.0 Å². The highest BCUT2D eigenvalue weighted by Gasteiger charge is 2.26. The summed E-state index contributed by atoms with van der Waals surface area (Å²) in [5.74, 6) is 2.46. The van der Waals surface area contributed by atoms with Gasteiger partial charge in [0, 0.05) is 12.6 Å². The first-order chi connectivity index (χ1) is 11.6. The first-order valence-electron chi connectivity index (χ1n) is 8.68. The fraction of sp³-hybridized carbons (Fsp3) is 0.611. The Morgan fingerprint density at radius 1 is 1.25 bits per heavy atom. The quantitative estimate of drug-likeness (QED) is 0.874. The second kappa shape index (κ2) is 8.54. The van der Waals surface area contributed by atoms with Crippen LogP contribution >= 0.6 is 23.4 Å². The van der Waals surface area contributed by atoms with Gasteiger partial charge in [-0.25, -0.2) is 4.39 Å². The molecular weight excluding hydrogens is 347 g/mol. The minimum absolute atomic E-state index is 0.164. The van der Waals surface area contributed by atoms with Crippen molar-refractivity contribution in [3.63, 3.8) is 0 Å². The molecule has 0 radical (unpaired) electrons. The number of piperidine rings is 1. The van der Waals surface area contributed by atoms with E-state index in [2.05, 4.69) is 22.0 Å². The van der Waals surface area contributed by atoms with Gasteiger partial charge in [-0.2, -0.15) is 11.8 Å². The predicted octanol–water partition coefficient (Wildman–Crippen LogP) is 3.82. The van der Waals surface area contributed by atoms with E-state index in [-0.39, 0.29) is 10.9 Å². The normalized spacial score (nSPS) is 20.9. The van der Waals surface area contributed by atoms with Crippen LogP contribution in [0.1, 0.15) is 36.0 Å². The summed E-state index contributed by atoms with van der Waals surface area (Å²) < 4.78 is 13.1. The topological polar surface area (TPSA) is 32.3 Å². The summed E-state index contributed by atoms with van der Waals surface area (Å²) in [6.07, 6.45) is 4.88. The monoisotopic (exact) mass is 370 g/mol. The van der Waals surface area contributed by atoms with E-state index in [9.17, 15) is 9.18 Å². The van der Waals surface area contributed by atoms with Crippen molar-refractivity contribution in [2.75, 3.05) is 31.1 Å². The van der Waals surface area contributed by atoms with Crippen LogP contribution in [0.2, 0.25) is 5.02 Å². The molecule has 1 aromatic carbocycles. The zero-order valence-corrected chi connectivity index (χ0v) is 15.3. The lowest BCUT2D eigenvalue weighted by Gasteiger charge is -2.39. The number of benzene rings is 1. The molecule has 0 unspecified atom stereocenters. The van der Waals surface area contributed by atoms with E-state index in [0.29, 0.717) is 18.0 Å². The molecule has 1 aromatic rings. The molecule has 0 saturated carbocycles. The number of thioether (sulfide) groups is 1. The highest BCUT2D eigenvalue weighted by molar-refractivity contribution is 7.99. The molecule has 0 spiro atoms. The Bertz CT molecular complexity index is 572. The Kier molecular flexibility index (Phi) is 6.42. The number of likely N-dealkylation sites (tertiary alicyclic amines) is 1. The van der Waals surface area contributed by atoms with Crippen molar-refractivity contribution < 1.29 is 9.18 Å². The van der Waals surface area contributed by atoms with Crippen LogP contribution < -0.4 is 5.32 Å². The number of nitrogens with one attached hydrogen (secondary N) is 1. The van der Waals surface area contributed by atoms with Gasteiger partial charge in [-0.3, -0.25) is 4.79 Å². The molecule has 2 fully saturated rings. The average Bonchev–Trinajstić information content (AvgIpc) is 2.61. The van der Waals surface area contributed by atoms with Gasteiger partial charge < -0.3 is 10.2 Å². The molecule has 0 atom stereocenters. The number of halogens is 2. The molecule has 0 aromatic heterocycles. The van der Waals surface area contributed by atoms with Gasteiger partial charge in [0.05, 0.1) is 10.6 Å². The maximum absolute atomic E-state index is 13.1. The van der Waals surface area contributed by atoms with Crippen molar-refractivity contribution in [3.8, 4) is 0 Å². The van der Waals surface area contributed by atoms with Gasteiger partial charge in [0.2, 0.25) is 0 Å². The molecule has 3 nitrogen and oxygen atoms in total. The third-order valence-corrected chi connectivity index (χ3v) is 6.44. The van der Waals surface area contributed by atoms with Crippen LogP contribution in [-0.2, 0) is 0 Å². The number of carbonyl (C=O) groups is 1. The Morgan fingerprint density at radius 3 is 2.62 bits per heavy atom. The summed E-state index contributed by atoms with van der Waals surface area (Å²) in [5.41, 5.74) is 0.343. The van der Waals surface area contributed by atoms with Crippen molar-refractivity contribution in [3.05, 3.63) is 34.6 Å². The lowest BCUT2D eigenvalue weighted by atomic mass is 9.94. The molecule has 0 aliphatic carbocycles. The lowest BCUT2D eigenvalue weighted by Crippen LogP contribution is -2.45. The van der Waals surface area contributed by atoms with Gasteiger partial charge in [-0.05, 0) is 74.4 Å². The highest BCUT2D eigenvalue weighted by atomic mass is 35.5. The van der Waals surface area contributed by atoms with E-state index in [1.807, 2.05) is 0 Å². The van der Waals surface area contributed by atoms with Gasteiger partial charge in [-0.15, -0.1) is 0 Å². The van der Waals surface area contributed by atoms with Crippen molar-refractivity contribution in [2.45, 2.75) is 31.7 Å². The largest absolute Gasteiger partial charge is 0.352 e. The Hall–Kier alpha value is -0.780. The minimum atomic E-state index is -0.426. The maximum Gasteiger partial charge on any atom is 0.252 e. The summed E-state index contributed by atoms with van der Waals surface area (Å²) in [5, 5.41) is 3.12. The number of hydrogen-bond donors (Lipinski definition) is 1. The number of carbonyl (C=O) groups excluding carboxylic acids is 1. The molecule has 2 heterocycles. The first-order valence-corrected chi connectivity index (χ1v) is 10.2. The third-order valence-electron chi connectivity index (χ3n) is 5.08. The zero-order valence-electron chi connectivity index (χ0n) is 13.8. The number of nitrogens with zero attached hydrogens (tertiary/aromatic N) is 1. The summed E-state index contributed by atoms with van der Waals surface area (Å²) in [4.78, 5) is 14.8. The number of hydrogen-bond acceptors (Lipinski definition) is 3. The van der Waals surface area contributed by atoms with Gasteiger partial charge in [0.25, 0.3) is 5.91 Å². The van der Waals surface area contributed by atoms with Crippen LogP contribution in [0.3, 0.4) is 0 Å². The van der Waals surface area contributed by atoms with Crippen molar-refractivity contribution in [1.82, 2.24) is 10.2 Å². The van der Waals surface area contributed by atoms with Crippen LogP contribution in [0.5, 0.6) is 0 Å². The maximum atomic E-state index is 13.1. The van der Waals surface area contributed by atoms with Crippen molar-refractivity contribution >= 4 is 29.3 Å². The van der Waals surface area contributed by atoms with Crippen LogP contribution in [0.15, 0.2) is 18.2 Å². The highest BCUT2D eigenvalue weighted by Crippen LogP contribution is 2.26. The SMILES string of the molecule is O=C(NCC1CCN(C2CCSCC2)CC1)c1ccc(F)cc1Cl. The van der Waals surface area contributed by atoms with Crippen LogP contribution in [0.4, 0.5) is 4.39 Å². The van der Waals surface area contributed by atoms with Crippen LogP contribution in [0.25, 0.3) is 0 Å². The fourth-order valence-electron chi connectivity index (χ4n) is 3.58. The van der Waals surface area contributed by atoms with Gasteiger partial charge in [-0.1, -0.05) is 11.6 Å². The molecule has 6 heteroatoms. The van der Waals surface area contributed by atoms with E-state index >= 15 is 0 Å². The summed E-state index contributed by atoms with van der Waals surface area (Å²) in [6.45, 7) is 2.93. The zero-order chi connectivity index (χ0) is 16.9. The summed E-state index contributed by atoms with van der Waals surface area (Å²) >= 11 is 8.01. The fourth-order valence-corrected chi connectivity index (χ4v) is 4.91.